The van der Waals surface area contributed by atoms with Gasteiger partial charge in [-0.15, -0.1) is 0 Å². The summed E-state index contributed by atoms with van der Waals surface area (Å²) in [5, 5.41) is 0. The highest BCUT2D eigenvalue weighted by Crippen LogP contribution is 2.18. The molecule has 1 heterocycles. The Morgan fingerprint density at radius 1 is 1.35 bits per heavy atom. The van der Waals surface area contributed by atoms with Crippen LogP contribution in [0.25, 0.3) is 0 Å². The maximum Gasteiger partial charge on any atom is 0.410 e. The second-order valence-electron chi connectivity index (χ2n) is 5.97. The first-order valence-corrected chi connectivity index (χ1v) is 7.99. The minimum atomic E-state index is -0.286. The molecule has 0 unspecified atom stereocenters. The van der Waals surface area contributed by atoms with Crippen LogP contribution in [0, 0.1) is 5.92 Å². The summed E-state index contributed by atoms with van der Waals surface area (Å²) in [5.74, 6) is 0.197. The zero-order valence-electron chi connectivity index (χ0n) is 13.6. The highest BCUT2D eigenvalue weighted by Gasteiger charge is 2.26. The fourth-order valence-electron chi connectivity index (χ4n) is 2.84. The molecule has 2 rings (SSSR count). The first kappa shape index (κ1) is 17.3. The van der Waals surface area contributed by atoms with Gasteiger partial charge in [0.25, 0.3) is 0 Å². The van der Waals surface area contributed by atoms with E-state index in [1.54, 1.807) is 16.8 Å². The van der Waals surface area contributed by atoms with Gasteiger partial charge in [0.2, 0.25) is 5.91 Å². The molecule has 0 radical (unpaired) electrons. The van der Waals surface area contributed by atoms with Crippen LogP contribution in [-0.4, -0.2) is 55.0 Å². The van der Waals surface area contributed by atoms with Crippen LogP contribution in [0.2, 0.25) is 0 Å². The molecule has 23 heavy (non-hydrogen) atoms. The van der Waals surface area contributed by atoms with E-state index < -0.39 is 0 Å². The first-order chi connectivity index (χ1) is 11.1. The van der Waals surface area contributed by atoms with Crippen LogP contribution in [0.15, 0.2) is 30.3 Å². The fraction of sp³-hybridized carbons (Fsp3) is 0.529. The van der Waals surface area contributed by atoms with Gasteiger partial charge >= 0.3 is 6.09 Å². The Labute approximate surface area is 137 Å². The number of likely N-dealkylation sites (tertiary alicyclic amines) is 1. The van der Waals surface area contributed by atoms with E-state index in [0.29, 0.717) is 19.6 Å². The Morgan fingerprint density at radius 3 is 2.78 bits per heavy atom. The van der Waals surface area contributed by atoms with Gasteiger partial charge in [-0.1, -0.05) is 30.3 Å². The number of piperidine rings is 1. The van der Waals surface area contributed by atoms with Crippen LogP contribution in [0.1, 0.15) is 18.4 Å². The number of ether oxygens (including phenoxy) is 1. The highest BCUT2D eigenvalue weighted by atomic mass is 16.6. The molecule has 2 N–H and O–H groups in total. The van der Waals surface area contributed by atoms with Crippen molar-refractivity contribution in [1.82, 2.24) is 9.80 Å². The lowest BCUT2D eigenvalue weighted by atomic mass is 9.98. The summed E-state index contributed by atoms with van der Waals surface area (Å²) in [5.41, 5.74) is 6.35. The number of hydrogen-bond donors (Lipinski definition) is 1. The summed E-state index contributed by atoms with van der Waals surface area (Å²) in [7, 11) is 1.75. The Morgan fingerprint density at radius 2 is 2.09 bits per heavy atom. The van der Waals surface area contributed by atoms with Crippen LogP contribution in [0.3, 0.4) is 0 Å². The van der Waals surface area contributed by atoms with E-state index >= 15 is 0 Å². The number of hydrogen-bond acceptors (Lipinski definition) is 4. The van der Waals surface area contributed by atoms with Crippen molar-refractivity contribution in [3.63, 3.8) is 0 Å². The third-order valence-corrected chi connectivity index (χ3v) is 4.11. The second kappa shape index (κ2) is 8.53. The van der Waals surface area contributed by atoms with Crippen molar-refractivity contribution < 1.29 is 14.3 Å². The molecular formula is C17H25N3O3. The molecule has 126 valence electrons. The molecule has 1 atom stereocenters. The van der Waals surface area contributed by atoms with E-state index in [9.17, 15) is 9.59 Å². The summed E-state index contributed by atoms with van der Waals surface area (Å²) < 4.78 is 5.38. The molecule has 0 aromatic heterocycles. The maximum atomic E-state index is 12.2. The molecular weight excluding hydrogens is 294 g/mol. The number of carbonyl (C=O) groups is 2. The average molecular weight is 319 g/mol. The summed E-state index contributed by atoms with van der Waals surface area (Å²) in [6.45, 7) is 2.26. The van der Waals surface area contributed by atoms with Crippen molar-refractivity contribution in [3.05, 3.63) is 35.9 Å². The zero-order valence-corrected chi connectivity index (χ0v) is 13.6. The van der Waals surface area contributed by atoms with Gasteiger partial charge in [0.05, 0.1) is 6.54 Å². The summed E-state index contributed by atoms with van der Waals surface area (Å²) in [4.78, 5) is 27.1. The molecule has 0 aliphatic carbocycles. The van der Waals surface area contributed by atoms with Crippen molar-refractivity contribution in [2.24, 2.45) is 11.7 Å². The second-order valence-corrected chi connectivity index (χ2v) is 5.97. The molecule has 1 aromatic carbocycles. The Kier molecular flexibility index (Phi) is 6.40. The van der Waals surface area contributed by atoms with E-state index in [1.807, 2.05) is 30.3 Å². The SMILES string of the molecule is CN(C[C@@H]1CCCN(C(=O)OCc2ccccc2)C1)C(=O)CN. The van der Waals surface area contributed by atoms with E-state index in [-0.39, 0.29) is 31.1 Å². The van der Waals surface area contributed by atoms with E-state index in [1.165, 1.54) is 0 Å². The van der Waals surface area contributed by atoms with Gasteiger partial charge in [-0.25, -0.2) is 4.79 Å². The molecule has 1 fully saturated rings. The molecule has 6 heteroatoms. The molecule has 1 aromatic rings. The standard InChI is InChI=1S/C17H25N3O3/c1-19(16(21)10-18)11-15-8-5-9-20(12-15)17(22)23-13-14-6-3-2-4-7-14/h2-4,6-7,15H,5,8-13,18H2,1H3/t15-/m0/s1. The third kappa shape index (κ3) is 5.25. The van der Waals surface area contributed by atoms with Crippen LogP contribution in [-0.2, 0) is 16.1 Å². The van der Waals surface area contributed by atoms with Crippen molar-refractivity contribution >= 4 is 12.0 Å². The maximum absolute atomic E-state index is 12.2. The van der Waals surface area contributed by atoms with Gasteiger partial charge in [0.15, 0.2) is 0 Å². The number of nitrogens with two attached hydrogens (primary N) is 1. The summed E-state index contributed by atoms with van der Waals surface area (Å²) in [6.07, 6.45) is 1.65. The summed E-state index contributed by atoms with van der Waals surface area (Å²) in [6, 6.07) is 9.63. The quantitative estimate of drug-likeness (QED) is 0.891. The predicted molar refractivity (Wildman–Crippen MR) is 87.6 cm³/mol. The van der Waals surface area contributed by atoms with Gasteiger partial charge in [0.1, 0.15) is 6.61 Å². The number of benzene rings is 1. The van der Waals surface area contributed by atoms with Crippen molar-refractivity contribution in [3.8, 4) is 0 Å². The molecule has 0 bridgehead atoms. The van der Waals surface area contributed by atoms with Gasteiger partial charge in [0, 0.05) is 26.7 Å². The van der Waals surface area contributed by atoms with Gasteiger partial charge in [-0.05, 0) is 24.3 Å². The minimum Gasteiger partial charge on any atom is -0.445 e. The fourth-order valence-corrected chi connectivity index (χ4v) is 2.84. The normalized spacial score (nSPS) is 17.7. The number of amides is 2. The van der Waals surface area contributed by atoms with Crippen LogP contribution in [0.4, 0.5) is 4.79 Å². The monoisotopic (exact) mass is 319 g/mol. The van der Waals surface area contributed by atoms with Gasteiger partial charge in [-0.3, -0.25) is 4.79 Å². The lowest BCUT2D eigenvalue weighted by Crippen LogP contribution is -2.45. The molecule has 1 saturated heterocycles. The Balaban J connectivity index is 1.80. The summed E-state index contributed by atoms with van der Waals surface area (Å²) >= 11 is 0. The molecule has 0 saturated carbocycles. The van der Waals surface area contributed by atoms with Crippen molar-refractivity contribution in [1.29, 1.82) is 0 Å². The Hall–Kier alpha value is -2.08. The number of likely N-dealkylation sites (N-methyl/N-ethyl adjacent to an activating group) is 1. The smallest absolute Gasteiger partial charge is 0.410 e. The molecule has 6 nitrogen and oxygen atoms in total. The minimum absolute atomic E-state index is 0.0199. The molecule has 2 amide bonds. The zero-order chi connectivity index (χ0) is 16.7. The Bertz CT molecular complexity index is 521. The van der Waals surface area contributed by atoms with E-state index in [0.717, 1.165) is 18.4 Å². The molecule has 1 aliphatic heterocycles. The highest BCUT2D eigenvalue weighted by molar-refractivity contribution is 5.77. The molecule has 0 spiro atoms. The van der Waals surface area contributed by atoms with Crippen molar-refractivity contribution in [2.45, 2.75) is 19.4 Å². The van der Waals surface area contributed by atoms with E-state index in [2.05, 4.69) is 0 Å². The van der Waals surface area contributed by atoms with Gasteiger partial charge < -0.3 is 20.3 Å². The largest absolute Gasteiger partial charge is 0.445 e. The number of rotatable bonds is 5. The molecule has 1 aliphatic rings. The van der Waals surface area contributed by atoms with E-state index in [4.69, 9.17) is 10.5 Å². The topological polar surface area (TPSA) is 75.9 Å². The van der Waals surface area contributed by atoms with Crippen molar-refractivity contribution in [2.75, 3.05) is 33.2 Å². The number of nitrogens with zero attached hydrogens (tertiary/aromatic N) is 2. The lowest BCUT2D eigenvalue weighted by Gasteiger charge is -2.34. The van der Waals surface area contributed by atoms with Crippen LogP contribution in [0.5, 0.6) is 0 Å². The first-order valence-electron chi connectivity index (χ1n) is 7.99. The number of carbonyl (C=O) groups excluding carboxylic acids is 2. The third-order valence-electron chi connectivity index (χ3n) is 4.11. The predicted octanol–water partition coefficient (Wildman–Crippen LogP) is 1.45. The lowest BCUT2D eigenvalue weighted by molar-refractivity contribution is -0.129. The average Bonchev–Trinajstić information content (AvgIpc) is 2.60. The van der Waals surface area contributed by atoms with Crippen LogP contribution < -0.4 is 5.73 Å². The van der Waals surface area contributed by atoms with Crippen LogP contribution >= 0.6 is 0 Å². The van der Waals surface area contributed by atoms with Gasteiger partial charge in [-0.2, -0.15) is 0 Å².